The highest BCUT2D eigenvalue weighted by atomic mass is 16.6. The number of benzene rings is 1. The molecule has 6 aliphatic rings. The van der Waals surface area contributed by atoms with Crippen molar-refractivity contribution in [2.45, 2.75) is 140 Å². The minimum Gasteiger partial charge on any atom is -0.480 e. The summed E-state index contributed by atoms with van der Waals surface area (Å²) in [7, 11) is 0. The first-order chi connectivity index (χ1) is 37.5. The van der Waals surface area contributed by atoms with Gasteiger partial charge in [0, 0.05) is 85.0 Å². The number of carbonyl (C=O) groups excluding carboxylic acids is 9. The molecule has 10 amide bonds. The topological polar surface area (TPSA) is 271 Å². The highest BCUT2D eigenvalue weighted by Gasteiger charge is 2.58. The Kier molecular flexibility index (Phi) is 24.8. The van der Waals surface area contributed by atoms with E-state index in [4.69, 9.17) is 19.9 Å². The molecule has 0 saturated carbocycles. The Morgan fingerprint density at radius 3 is 1.32 bits per heavy atom. The number of aliphatic carboxylic acids is 1. The van der Waals surface area contributed by atoms with E-state index in [1.54, 1.807) is 14.7 Å². The van der Waals surface area contributed by atoms with Crippen LogP contribution >= 0.6 is 0 Å². The molecule has 3 N–H and O–H groups in total. The number of nitrogens with zero attached hydrogens (tertiary/aromatic N) is 8. The van der Waals surface area contributed by atoms with Crippen LogP contribution in [0.2, 0.25) is 0 Å². The first-order valence-corrected chi connectivity index (χ1v) is 28.3. The second-order valence-corrected chi connectivity index (χ2v) is 23.2. The van der Waals surface area contributed by atoms with E-state index >= 15 is 0 Å². The molecule has 6 heterocycles. The van der Waals surface area contributed by atoms with Gasteiger partial charge in [-0.25, -0.2) is 38.6 Å². The van der Waals surface area contributed by atoms with Gasteiger partial charge < -0.3 is 54.5 Å². The van der Waals surface area contributed by atoms with Gasteiger partial charge in [0.05, 0.1) is 18.4 Å². The standard InChI is InChI=1S/C32H46N4O7.C24H39N5O7.2CH4/c1-6-26(37)35-13-12-24(19-35)18-25-27(30(39)42-20-23-10-8-7-9-11-23)36(29(25)38)31(40)33-14-16-34(17-15-33)32(41)43-28(21(2)3)22(4)5;1-14(2)20(15(3)4)36-24(35)27-9-7-26(8-10-27)23(34)29-19(22(32)33)17(21(29)31)11-16-5-6-28(13-16)18(30)12-25;;/h7-11,21-22,24-25,27-28H,6,12-20H2,1-5H3;14-17,19-20H,5-13,25H2,1-4H3,(H,32,33);2*1H4/t24?,25-,27+;16?,17-,19+;;/m11../s1. The number of hydrogen-bond donors (Lipinski definition) is 2. The zero-order chi connectivity index (χ0) is 58.0. The fraction of sp³-hybridized carbons (Fsp3) is 0.724. The van der Waals surface area contributed by atoms with Crippen molar-refractivity contribution in [2.75, 3.05) is 85.1 Å². The van der Waals surface area contributed by atoms with Gasteiger partial charge in [-0.3, -0.25) is 19.2 Å². The molecule has 0 bridgehead atoms. The number of carboxylic acids is 1. The molecule has 1 aromatic carbocycles. The third-order valence-corrected chi connectivity index (χ3v) is 16.2. The molecule has 7 rings (SSSR count). The molecule has 0 spiro atoms. The van der Waals surface area contributed by atoms with Crippen LogP contribution in [0.3, 0.4) is 0 Å². The van der Waals surface area contributed by atoms with E-state index in [0.717, 1.165) is 21.8 Å². The normalized spacial score (nSPS) is 22.8. The fourth-order valence-electron chi connectivity index (χ4n) is 11.9. The van der Waals surface area contributed by atoms with Crippen LogP contribution in [-0.4, -0.2) is 213 Å². The Labute approximate surface area is 479 Å². The maximum absolute atomic E-state index is 13.6. The average Bonchev–Trinajstić information content (AvgIpc) is 4.24. The molecule has 0 aliphatic carbocycles. The van der Waals surface area contributed by atoms with Gasteiger partial charge in [0.2, 0.25) is 23.6 Å². The lowest BCUT2D eigenvalue weighted by Gasteiger charge is -2.47. The summed E-state index contributed by atoms with van der Waals surface area (Å²) in [5.74, 6) is -3.57. The Morgan fingerprint density at radius 2 is 0.938 bits per heavy atom. The van der Waals surface area contributed by atoms with Crippen molar-refractivity contribution in [3.8, 4) is 0 Å². The number of nitrogens with two attached hydrogens (primary N) is 1. The Hall–Kier alpha value is -6.52. The lowest BCUT2D eigenvalue weighted by Crippen LogP contribution is -2.70. The van der Waals surface area contributed by atoms with Crippen LogP contribution in [-0.2, 0) is 49.6 Å². The summed E-state index contributed by atoms with van der Waals surface area (Å²) in [5.41, 5.74) is 6.22. The lowest BCUT2D eigenvalue weighted by atomic mass is 9.80. The van der Waals surface area contributed by atoms with Gasteiger partial charge >= 0.3 is 36.2 Å². The summed E-state index contributed by atoms with van der Waals surface area (Å²) >= 11 is 0. The summed E-state index contributed by atoms with van der Waals surface area (Å²) in [6, 6.07) is 5.79. The van der Waals surface area contributed by atoms with Crippen molar-refractivity contribution in [3.05, 3.63) is 35.9 Å². The second kappa shape index (κ2) is 30.0. The number of carbonyl (C=O) groups is 10. The van der Waals surface area contributed by atoms with Crippen LogP contribution in [0.5, 0.6) is 0 Å². The van der Waals surface area contributed by atoms with Crippen molar-refractivity contribution in [3.63, 3.8) is 0 Å². The smallest absolute Gasteiger partial charge is 0.410 e. The predicted octanol–water partition coefficient (Wildman–Crippen LogP) is 5.68. The number of ether oxygens (including phenoxy) is 3. The maximum Gasteiger partial charge on any atom is 0.410 e. The van der Waals surface area contributed by atoms with Crippen LogP contribution in [0.1, 0.15) is 115 Å². The highest BCUT2D eigenvalue weighted by molar-refractivity contribution is 6.08. The minimum absolute atomic E-state index is 0. The number of amides is 10. The number of rotatable bonds is 16. The molecule has 23 heteroatoms. The van der Waals surface area contributed by atoms with Crippen molar-refractivity contribution in [1.82, 2.24) is 39.2 Å². The Morgan fingerprint density at radius 1 is 0.556 bits per heavy atom. The molecule has 2 unspecified atom stereocenters. The van der Waals surface area contributed by atoms with Crippen LogP contribution < -0.4 is 5.73 Å². The molecule has 6 saturated heterocycles. The lowest BCUT2D eigenvalue weighted by molar-refractivity contribution is -0.172. The summed E-state index contributed by atoms with van der Waals surface area (Å²) in [6.07, 6.45) is 1.29. The number of carboxylic acid groups (broad SMARTS) is 1. The number of imide groups is 2. The Bertz CT molecular complexity index is 2340. The average molecular weight is 1140 g/mol. The number of piperazine rings is 2. The van der Waals surface area contributed by atoms with E-state index in [1.165, 1.54) is 14.7 Å². The minimum atomic E-state index is -1.23. The monoisotopic (exact) mass is 1140 g/mol. The molecule has 6 fully saturated rings. The van der Waals surface area contributed by atoms with Gasteiger partial charge in [0.25, 0.3) is 0 Å². The summed E-state index contributed by atoms with van der Waals surface area (Å²) in [6.45, 7) is 21.8. The van der Waals surface area contributed by atoms with Gasteiger partial charge in [-0.2, -0.15) is 0 Å². The molecular formula is C58H93N9O14. The number of likely N-dealkylation sites (tertiary alicyclic amines) is 4. The van der Waals surface area contributed by atoms with E-state index in [-0.39, 0.29) is 140 Å². The SMILES string of the molecule is C.C.CC(C)C(OC(=O)N1CCN(C(=O)N2C(=O)[C@H](CC3CCN(C(=O)CN)C3)[C@H]2C(=O)O)CC1)C(C)C.CCC(=O)N1CCC(C[C@H]2C(=O)N(C(=O)N3CCN(C(=O)OC(C(C)C)C(C)C)CC3)[C@@H]2C(=O)OCc2ccccc2)C1. The number of esters is 1. The molecule has 0 aromatic heterocycles. The van der Waals surface area contributed by atoms with Crippen LogP contribution in [0.4, 0.5) is 19.2 Å². The quantitative estimate of drug-likeness (QED) is 0.114. The summed E-state index contributed by atoms with van der Waals surface area (Å²) in [5, 5.41) is 9.76. The molecule has 0 radical (unpaired) electrons. The van der Waals surface area contributed by atoms with Crippen LogP contribution in [0.25, 0.3) is 0 Å². The number of hydrogen-bond acceptors (Lipinski definition) is 14. The van der Waals surface area contributed by atoms with Crippen LogP contribution in [0.15, 0.2) is 30.3 Å². The molecule has 1 aromatic rings. The van der Waals surface area contributed by atoms with Gasteiger partial charge in [0.15, 0.2) is 12.1 Å². The Balaban J connectivity index is 0.000000345. The number of urea groups is 2. The van der Waals surface area contributed by atoms with Gasteiger partial charge in [-0.1, -0.05) is 107 Å². The molecule has 454 valence electrons. The largest absolute Gasteiger partial charge is 0.480 e. The molecular weight excluding hydrogens is 1050 g/mol. The van der Waals surface area contributed by atoms with E-state index in [9.17, 15) is 53.1 Å². The summed E-state index contributed by atoms with van der Waals surface area (Å²) in [4.78, 5) is 139. The van der Waals surface area contributed by atoms with E-state index in [2.05, 4.69) is 0 Å². The highest BCUT2D eigenvalue weighted by Crippen LogP contribution is 2.38. The van der Waals surface area contributed by atoms with E-state index in [0.29, 0.717) is 51.9 Å². The van der Waals surface area contributed by atoms with Crippen molar-refractivity contribution < 1.29 is 67.3 Å². The first kappa shape index (κ1) is 67.0. The second-order valence-electron chi connectivity index (χ2n) is 23.2. The third-order valence-electron chi connectivity index (χ3n) is 16.2. The van der Waals surface area contributed by atoms with Crippen molar-refractivity contribution >= 4 is 59.8 Å². The zero-order valence-electron chi connectivity index (χ0n) is 47.7. The predicted molar refractivity (Wildman–Crippen MR) is 301 cm³/mol. The van der Waals surface area contributed by atoms with Gasteiger partial charge in [-0.05, 0) is 66.8 Å². The molecule has 23 nitrogen and oxygen atoms in total. The van der Waals surface area contributed by atoms with Crippen molar-refractivity contribution in [2.24, 2.45) is 53.1 Å². The third kappa shape index (κ3) is 16.1. The molecule has 6 aliphatic heterocycles. The van der Waals surface area contributed by atoms with E-state index < -0.39 is 71.9 Å². The van der Waals surface area contributed by atoms with Gasteiger partial charge in [-0.15, -0.1) is 0 Å². The zero-order valence-corrected chi connectivity index (χ0v) is 47.7. The molecule has 6 atom stereocenters. The van der Waals surface area contributed by atoms with Crippen molar-refractivity contribution in [1.29, 1.82) is 0 Å². The summed E-state index contributed by atoms with van der Waals surface area (Å²) < 4.78 is 17.0. The maximum atomic E-state index is 13.6. The molecule has 81 heavy (non-hydrogen) atoms. The fourth-order valence-corrected chi connectivity index (χ4v) is 11.9. The number of β-lactam (4-membered cyclic amide) rings is 2. The van der Waals surface area contributed by atoms with Gasteiger partial charge in [0.1, 0.15) is 18.8 Å². The first-order valence-electron chi connectivity index (χ1n) is 28.3. The van der Waals surface area contributed by atoms with Crippen LogP contribution in [0, 0.1) is 47.3 Å². The van der Waals surface area contributed by atoms with E-state index in [1.807, 2.05) is 92.6 Å².